The number of carbonyl (C=O) groups excluding carboxylic acids is 2. The highest BCUT2D eigenvalue weighted by atomic mass is 35.5. The molecule has 1 aromatic heterocycles. The van der Waals surface area contributed by atoms with Crippen LogP contribution in [-0.2, 0) is 9.59 Å². The van der Waals surface area contributed by atoms with Gasteiger partial charge in [0.05, 0.1) is 12.0 Å². The third-order valence-corrected chi connectivity index (χ3v) is 3.82. The number of hydrogen-bond donors (Lipinski definition) is 2. The van der Waals surface area contributed by atoms with Crippen LogP contribution in [0.5, 0.6) is 0 Å². The zero-order valence-electron chi connectivity index (χ0n) is 13.5. The van der Waals surface area contributed by atoms with E-state index in [4.69, 9.17) is 10.3 Å². The summed E-state index contributed by atoms with van der Waals surface area (Å²) in [5, 5.41) is 6.26. The van der Waals surface area contributed by atoms with Gasteiger partial charge in [-0.3, -0.25) is 9.59 Å². The van der Waals surface area contributed by atoms with Gasteiger partial charge < -0.3 is 20.5 Å². The van der Waals surface area contributed by atoms with Crippen LogP contribution in [0.2, 0.25) is 0 Å². The van der Waals surface area contributed by atoms with Gasteiger partial charge >= 0.3 is 0 Å². The normalized spacial score (nSPS) is 10.8. The van der Waals surface area contributed by atoms with Crippen molar-refractivity contribution in [3.63, 3.8) is 0 Å². The van der Waals surface area contributed by atoms with E-state index in [-0.39, 0.29) is 37.3 Å². The van der Waals surface area contributed by atoms with Crippen LogP contribution >= 0.6 is 12.4 Å². The molecule has 0 atom stereocenters. The second-order valence-corrected chi connectivity index (χ2v) is 5.22. The quantitative estimate of drug-likeness (QED) is 0.789. The van der Waals surface area contributed by atoms with Crippen molar-refractivity contribution in [3.05, 3.63) is 11.8 Å². The lowest BCUT2D eigenvalue weighted by molar-refractivity contribution is -0.142. The Morgan fingerprint density at radius 3 is 2.41 bits per heavy atom. The molecule has 0 bridgehead atoms. The molecule has 8 heteroatoms. The number of carbonyl (C=O) groups is 2. The van der Waals surface area contributed by atoms with Gasteiger partial charge in [0.2, 0.25) is 11.8 Å². The Balaban J connectivity index is 0.00000441. The smallest absolute Gasteiger partial charge is 0.245 e. The Labute approximate surface area is 137 Å². The Kier molecular flexibility index (Phi) is 8.11. The molecule has 0 aromatic carbocycles. The van der Waals surface area contributed by atoms with Crippen LogP contribution in [-0.4, -0.2) is 42.0 Å². The van der Waals surface area contributed by atoms with Crippen molar-refractivity contribution in [1.29, 1.82) is 0 Å². The Bertz CT molecular complexity index is 492. The fourth-order valence-corrected chi connectivity index (χ4v) is 2.23. The van der Waals surface area contributed by atoms with E-state index < -0.39 is 5.41 Å². The molecule has 0 aliphatic heterocycles. The lowest BCUT2D eigenvalue weighted by Crippen LogP contribution is -2.48. The second kappa shape index (κ2) is 8.75. The van der Waals surface area contributed by atoms with E-state index in [0.717, 1.165) is 0 Å². The Morgan fingerprint density at radius 1 is 1.41 bits per heavy atom. The largest absolute Gasteiger partial charge is 0.360 e. The summed E-state index contributed by atoms with van der Waals surface area (Å²) < 4.78 is 4.86. The zero-order valence-corrected chi connectivity index (χ0v) is 14.3. The predicted molar refractivity (Wildman–Crippen MR) is 86.8 cm³/mol. The number of aromatic nitrogens is 1. The van der Waals surface area contributed by atoms with Crippen LogP contribution in [0.25, 0.3) is 0 Å². The van der Waals surface area contributed by atoms with E-state index >= 15 is 0 Å². The SMILES string of the molecule is CCC(CC)(CN)C(=O)N(C)CC(=O)Nc1cc(C)on1.Cl. The van der Waals surface area contributed by atoms with Crippen LogP contribution < -0.4 is 11.1 Å². The van der Waals surface area contributed by atoms with Crippen molar-refractivity contribution in [3.8, 4) is 0 Å². The van der Waals surface area contributed by atoms with Gasteiger partial charge in [-0.2, -0.15) is 0 Å². The molecule has 1 aromatic rings. The molecule has 1 rings (SSSR count). The molecule has 3 N–H and O–H groups in total. The standard InChI is InChI=1S/C14H24N4O3.ClH/c1-5-14(6-2,9-15)13(20)18(4)8-12(19)16-11-7-10(3)21-17-11;/h7H,5-6,8-9,15H2,1-4H3,(H,16,17,19);1H. The molecule has 0 radical (unpaired) electrons. The summed E-state index contributed by atoms with van der Waals surface area (Å²) >= 11 is 0. The first-order valence-electron chi connectivity index (χ1n) is 7.07. The molecule has 0 fully saturated rings. The summed E-state index contributed by atoms with van der Waals surface area (Å²) in [6.07, 6.45) is 1.29. The van der Waals surface area contributed by atoms with Crippen LogP contribution in [0, 0.1) is 12.3 Å². The topological polar surface area (TPSA) is 101 Å². The van der Waals surface area contributed by atoms with E-state index in [1.165, 1.54) is 4.90 Å². The lowest BCUT2D eigenvalue weighted by atomic mass is 9.81. The van der Waals surface area contributed by atoms with E-state index in [1.54, 1.807) is 20.0 Å². The molecule has 0 aliphatic rings. The van der Waals surface area contributed by atoms with Gasteiger partial charge in [-0.15, -0.1) is 12.4 Å². The molecule has 0 saturated heterocycles. The number of nitrogens with zero attached hydrogens (tertiary/aromatic N) is 2. The van der Waals surface area contributed by atoms with Crippen LogP contribution in [0.15, 0.2) is 10.6 Å². The van der Waals surface area contributed by atoms with Crippen LogP contribution in [0.1, 0.15) is 32.4 Å². The average Bonchev–Trinajstić information content (AvgIpc) is 2.86. The van der Waals surface area contributed by atoms with Gasteiger partial charge in [-0.1, -0.05) is 19.0 Å². The van der Waals surface area contributed by atoms with Gasteiger partial charge in [0.25, 0.3) is 0 Å². The molecule has 0 spiro atoms. The van der Waals surface area contributed by atoms with E-state index in [9.17, 15) is 9.59 Å². The minimum atomic E-state index is -0.598. The molecule has 1 heterocycles. The van der Waals surface area contributed by atoms with Gasteiger partial charge in [0, 0.05) is 19.7 Å². The van der Waals surface area contributed by atoms with Crippen molar-refractivity contribution in [2.75, 3.05) is 25.5 Å². The van der Waals surface area contributed by atoms with Crippen molar-refractivity contribution in [1.82, 2.24) is 10.1 Å². The second-order valence-electron chi connectivity index (χ2n) is 5.22. The van der Waals surface area contributed by atoms with Crippen molar-refractivity contribution in [2.24, 2.45) is 11.1 Å². The molecule has 22 heavy (non-hydrogen) atoms. The first kappa shape index (κ1) is 20.4. The summed E-state index contributed by atoms with van der Waals surface area (Å²) in [6.45, 7) is 5.82. The van der Waals surface area contributed by atoms with E-state index in [1.807, 2.05) is 13.8 Å². The minimum absolute atomic E-state index is 0. The van der Waals surface area contributed by atoms with Gasteiger partial charge in [0.1, 0.15) is 5.76 Å². The number of rotatable bonds is 7. The highest BCUT2D eigenvalue weighted by molar-refractivity contribution is 5.94. The molecule has 0 saturated carbocycles. The summed E-state index contributed by atoms with van der Waals surface area (Å²) in [5.74, 6) is 0.516. The fourth-order valence-electron chi connectivity index (χ4n) is 2.23. The van der Waals surface area contributed by atoms with Gasteiger partial charge in [-0.25, -0.2) is 0 Å². The van der Waals surface area contributed by atoms with Gasteiger partial charge in [0.15, 0.2) is 5.82 Å². The first-order chi connectivity index (χ1) is 9.88. The molecule has 0 aliphatic carbocycles. The number of hydrogen-bond acceptors (Lipinski definition) is 5. The minimum Gasteiger partial charge on any atom is -0.360 e. The fraction of sp³-hybridized carbons (Fsp3) is 0.643. The molecule has 7 nitrogen and oxygen atoms in total. The van der Waals surface area contributed by atoms with Gasteiger partial charge in [-0.05, 0) is 19.8 Å². The maximum Gasteiger partial charge on any atom is 0.245 e. The molecular formula is C14H25ClN4O3. The summed E-state index contributed by atoms with van der Waals surface area (Å²) in [5.41, 5.74) is 5.16. The molecule has 2 amide bonds. The van der Waals surface area contributed by atoms with Crippen LogP contribution in [0.4, 0.5) is 5.82 Å². The predicted octanol–water partition coefficient (Wildman–Crippen LogP) is 1.57. The maximum absolute atomic E-state index is 12.5. The van der Waals surface area contributed by atoms with Crippen molar-refractivity contribution >= 4 is 30.0 Å². The molecule has 0 unspecified atom stereocenters. The number of amides is 2. The Hall–Kier alpha value is -1.60. The van der Waals surface area contributed by atoms with Crippen molar-refractivity contribution in [2.45, 2.75) is 33.6 Å². The number of nitrogens with two attached hydrogens (primary N) is 1. The first-order valence-corrected chi connectivity index (χ1v) is 7.07. The number of nitrogens with one attached hydrogen (secondary N) is 1. The number of aryl methyl sites for hydroxylation is 1. The third kappa shape index (κ3) is 4.71. The number of halogens is 1. The molecule has 126 valence electrons. The zero-order chi connectivity index (χ0) is 16.0. The molecular weight excluding hydrogens is 308 g/mol. The number of likely N-dealkylation sites (N-methyl/N-ethyl adjacent to an activating group) is 1. The van der Waals surface area contributed by atoms with Crippen LogP contribution in [0.3, 0.4) is 0 Å². The highest BCUT2D eigenvalue weighted by Crippen LogP contribution is 2.27. The highest BCUT2D eigenvalue weighted by Gasteiger charge is 2.36. The average molecular weight is 333 g/mol. The maximum atomic E-state index is 12.5. The van der Waals surface area contributed by atoms with E-state index in [2.05, 4.69) is 10.5 Å². The van der Waals surface area contributed by atoms with E-state index in [0.29, 0.717) is 24.4 Å². The Morgan fingerprint density at radius 2 is 2.00 bits per heavy atom. The summed E-state index contributed by atoms with van der Waals surface area (Å²) in [4.78, 5) is 25.8. The number of anilines is 1. The van der Waals surface area contributed by atoms with Crippen molar-refractivity contribution < 1.29 is 14.1 Å². The monoisotopic (exact) mass is 332 g/mol. The summed E-state index contributed by atoms with van der Waals surface area (Å²) in [7, 11) is 1.60. The third-order valence-electron chi connectivity index (χ3n) is 3.82. The summed E-state index contributed by atoms with van der Waals surface area (Å²) in [6, 6.07) is 1.61. The lowest BCUT2D eigenvalue weighted by Gasteiger charge is -2.32.